The number of nitrogens with one attached hydrogen (secondary N) is 2. The number of amides is 2. The molecule has 0 aromatic heterocycles. The summed E-state index contributed by atoms with van der Waals surface area (Å²) in [7, 11) is 0. The predicted octanol–water partition coefficient (Wildman–Crippen LogP) is 2.59. The lowest BCUT2D eigenvalue weighted by atomic mass is 10.0. The average Bonchev–Trinajstić information content (AvgIpc) is 3.13. The second-order valence-corrected chi connectivity index (χ2v) is 8.24. The van der Waals surface area contributed by atoms with Gasteiger partial charge in [0.05, 0.1) is 0 Å². The van der Waals surface area contributed by atoms with Gasteiger partial charge in [0.15, 0.2) is 0 Å². The molecule has 2 saturated heterocycles. The Morgan fingerprint density at radius 1 is 1.21 bits per heavy atom. The van der Waals surface area contributed by atoms with E-state index < -0.39 is 12.1 Å². The van der Waals surface area contributed by atoms with Crippen LogP contribution in [0.15, 0.2) is 42.5 Å². The molecule has 2 N–H and O–H groups in total. The Kier molecular flexibility index (Phi) is 5.56. The van der Waals surface area contributed by atoms with Crippen LogP contribution in [-0.4, -0.2) is 41.4 Å². The van der Waals surface area contributed by atoms with Crippen LogP contribution >= 0.6 is 11.6 Å². The molecular formula is C22H23ClFN3O2. The molecule has 0 bridgehead atoms. The largest absolute Gasteiger partial charge is 0.342 e. The minimum Gasteiger partial charge on any atom is -0.342 e. The zero-order valence-electron chi connectivity index (χ0n) is 16.1. The summed E-state index contributed by atoms with van der Waals surface area (Å²) >= 11 is 5.91. The minimum absolute atomic E-state index is 0.0519. The van der Waals surface area contributed by atoms with Crippen molar-refractivity contribution >= 4 is 23.4 Å². The van der Waals surface area contributed by atoms with E-state index in [0.29, 0.717) is 36.5 Å². The molecule has 2 amide bonds. The van der Waals surface area contributed by atoms with Crippen molar-refractivity contribution in [3.63, 3.8) is 0 Å². The minimum atomic E-state index is -0.576. The van der Waals surface area contributed by atoms with Crippen LogP contribution in [0.1, 0.15) is 23.1 Å². The molecule has 3 atom stereocenters. The van der Waals surface area contributed by atoms with Crippen molar-refractivity contribution in [2.24, 2.45) is 0 Å². The number of piperazine rings is 1. The van der Waals surface area contributed by atoms with Gasteiger partial charge >= 0.3 is 0 Å². The Bertz CT molecular complexity index is 934. The maximum absolute atomic E-state index is 14.0. The molecule has 2 fully saturated rings. The monoisotopic (exact) mass is 415 g/mol. The molecule has 7 heteroatoms. The van der Waals surface area contributed by atoms with Gasteiger partial charge in [-0.3, -0.25) is 9.59 Å². The van der Waals surface area contributed by atoms with Gasteiger partial charge in [0.1, 0.15) is 17.9 Å². The maximum atomic E-state index is 14.0. The first-order valence-electron chi connectivity index (χ1n) is 9.74. The van der Waals surface area contributed by atoms with Gasteiger partial charge in [0.25, 0.3) is 0 Å². The number of hydrogen-bond donors (Lipinski definition) is 2. The van der Waals surface area contributed by atoms with Crippen molar-refractivity contribution in [1.82, 2.24) is 15.5 Å². The van der Waals surface area contributed by atoms with Gasteiger partial charge in [0, 0.05) is 36.1 Å². The number of carbonyl (C=O) groups is 2. The number of halogens is 2. The smallest absolute Gasteiger partial charge is 0.246 e. The van der Waals surface area contributed by atoms with Crippen LogP contribution in [0, 0.1) is 12.7 Å². The Hall–Kier alpha value is -2.44. The van der Waals surface area contributed by atoms with Crippen LogP contribution in [0.25, 0.3) is 0 Å². The molecule has 0 spiro atoms. The van der Waals surface area contributed by atoms with Crippen molar-refractivity contribution in [2.45, 2.75) is 44.4 Å². The van der Waals surface area contributed by atoms with Crippen LogP contribution in [0.4, 0.5) is 4.39 Å². The number of benzene rings is 2. The lowest BCUT2D eigenvalue weighted by Gasteiger charge is -2.34. The summed E-state index contributed by atoms with van der Waals surface area (Å²) in [5.74, 6) is -0.458. The first-order chi connectivity index (χ1) is 13.9. The molecule has 0 radical (unpaired) electrons. The summed E-state index contributed by atoms with van der Waals surface area (Å²) in [5.41, 5.74) is 2.52. The van der Waals surface area contributed by atoms with E-state index in [1.807, 2.05) is 25.1 Å². The number of aryl methyl sites for hydroxylation is 1. The molecule has 0 saturated carbocycles. The molecule has 2 heterocycles. The number of fused-ring (bicyclic) bond motifs is 1. The topological polar surface area (TPSA) is 61.4 Å². The van der Waals surface area contributed by atoms with E-state index in [0.717, 1.165) is 11.1 Å². The fourth-order valence-corrected chi connectivity index (χ4v) is 4.22. The molecule has 2 aromatic carbocycles. The lowest BCUT2D eigenvalue weighted by Crippen LogP contribution is -2.61. The quantitative estimate of drug-likeness (QED) is 0.789. The summed E-state index contributed by atoms with van der Waals surface area (Å²) in [6.07, 6.45) is 0.955. The van der Waals surface area contributed by atoms with Crippen molar-refractivity contribution in [3.05, 3.63) is 70.0 Å². The third-order valence-electron chi connectivity index (χ3n) is 5.64. The van der Waals surface area contributed by atoms with Crippen molar-refractivity contribution in [1.29, 1.82) is 0 Å². The highest BCUT2D eigenvalue weighted by Gasteiger charge is 2.46. The third kappa shape index (κ3) is 4.28. The van der Waals surface area contributed by atoms with E-state index in [1.165, 1.54) is 6.07 Å². The Labute approximate surface area is 174 Å². The fourth-order valence-electron chi connectivity index (χ4n) is 4.09. The van der Waals surface area contributed by atoms with E-state index in [9.17, 15) is 14.0 Å². The summed E-state index contributed by atoms with van der Waals surface area (Å²) in [5, 5.41) is 6.80. The Balaban J connectivity index is 1.40. The van der Waals surface area contributed by atoms with Crippen molar-refractivity contribution < 1.29 is 14.0 Å². The van der Waals surface area contributed by atoms with E-state index >= 15 is 0 Å². The zero-order valence-corrected chi connectivity index (χ0v) is 16.9. The maximum Gasteiger partial charge on any atom is 0.246 e. The van der Waals surface area contributed by atoms with Crippen LogP contribution in [-0.2, 0) is 22.6 Å². The predicted molar refractivity (Wildman–Crippen MR) is 109 cm³/mol. The van der Waals surface area contributed by atoms with E-state index in [2.05, 4.69) is 10.6 Å². The zero-order chi connectivity index (χ0) is 20.5. The summed E-state index contributed by atoms with van der Waals surface area (Å²) in [6, 6.07) is 11.2. The second-order valence-electron chi connectivity index (χ2n) is 7.81. The van der Waals surface area contributed by atoms with Crippen LogP contribution in [0.3, 0.4) is 0 Å². The SMILES string of the molecule is Cc1ccc(F)c(CN[C@H]2C[C@H]3C(=O)N[C@@H](Cc4ccc(Cl)cc4)C(=O)N3C2)c1. The molecule has 0 aliphatic carbocycles. The Morgan fingerprint density at radius 3 is 2.72 bits per heavy atom. The molecule has 152 valence electrons. The van der Waals surface area contributed by atoms with Gasteiger partial charge in [0.2, 0.25) is 11.8 Å². The van der Waals surface area contributed by atoms with Crippen molar-refractivity contribution in [3.8, 4) is 0 Å². The summed E-state index contributed by atoms with van der Waals surface area (Å²) < 4.78 is 14.0. The molecule has 2 aliphatic rings. The summed E-state index contributed by atoms with van der Waals surface area (Å²) in [4.78, 5) is 27.2. The molecule has 29 heavy (non-hydrogen) atoms. The van der Waals surface area contributed by atoms with Gasteiger partial charge in [-0.25, -0.2) is 4.39 Å². The standard InChI is InChI=1S/C22H23ClFN3O2/c1-13-2-7-18(24)15(8-13)11-25-17-10-20-21(28)26-19(22(29)27(20)12-17)9-14-3-5-16(23)6-4-14/h2-8,17,19-20,25H,9-12H2,1H3,(H,26,28)/t17-,19-,20-/m0/s1. The third-order valence-corrected chi connectivity index (χ3v) is 5.89. The summed E-state index contributed by atoms with van der Waals surface area (Å²) in [6.45, 7) is 2.73. The normalized spacial score (nSPS) is 23.8. The van der Waals surface area contributed by atoms with E-state index in [1.54, 1.807) is 23.1 Å². The van der Waals surface area contributed by atoms with Gasteiger partial charge in [-0.05, 0) is 37.1 Å². The number of nitrogens with zero attached hydrogens (tertiary/aromatic N) is 1. The molecule has 2 aliphatic heterocycles. The highest BCUT2D eigenvalue weighted by Crippen LogP contribution is 2.24. The molecule has 0 unspecified atom stereocenters. The van der Waals surface area contributed by atoms with E-state index in [-0.39, 0.29) is 23.7 Å². The Morgan fingerprint density at radius 2 is 1.97 bits per heavy atom. The van der Waals surface area contributed by atoms with Gasteiger partial charge in [-0.1, -0.05) is 41.4 Å². The van der Waals surface area contributed by atoms with Gasteiger partial charge in [-0.15, -0.1) is 0 Å². The number of carbonyl (C=O) groups excluding carboxylic acids is 2. The van der Waals surface area contributed by atoms with E-state index in [4.69, 9.17) is 11.6 Å². The van der Waals surface area contributed by atoms with Crippen LogP contribution in [0.5, 0.6) is 0 Å². The molecule has 2 aromatic rings. The van der Waals surface area contributed by atoms with Crippen LogP contribution < -0.4 is 10.6 Å². The molecule has 5 nitrogen and oxygen atoms in total. The number of hydrogen-bond acceptors (Lipinski definition) is 3. The highest BCUT2D eigenvalue weighted by atomic mass is 35.5. The number of rotatable bonds is 5. The molecule has 4 rings (SSSR count). The van der Waals surface area contributed by atoms with Crippen molar-refractivity contribution in [2.75, 3.05) is 6.54 Å². The van der Waals surface area contributed by atoms with Gasteiger partial charge in [-0.2, -0.15) is 0 Å². The second kappa shape index (κ2) is 8.13. The highest BCUT2D eigenvalue weighted by molar-refractivity contribution is 6.30. The lowest BCUT2D eigenvalue weighted by molar-refractivity contribution is -0.147. The van der Waals surface area contributed by atoms with Gasteiger partial charge < -0.3 is 15.5 Å². The fraction of sp³-hybridized carbons (Fsp3) is 0.364. The molecular weight excluding hydrogens is 393 g/mol. The average molecular weight is 416 g/mol. The first kappa shape index (κ1) is 19.9. The first-order valence-corrected chi connectivity index (χ1v) is 10.1. The van der Waals surface area contributed by atoms with Crippen LogP contribution in [0.2, 0.25) is 5.02 Å².